The Morgan fingerprint density at radius 2 is 2.16 bits per heavy atom. The zero-order valence-corrected chi connectivity index (χ0v) is 12.2. The molecular weight excluding hydrogens is 256 g/mol. The van der Waals surface area contributed by atoms with Gasteiger partial charge in [0.1, 0.15) is 0 Å². The summed E-state index contributed by atoms with van der Waals surface area (Å²) >= 11 is 1.71. The van der Waals surface area contributed by atoms with Crippen LogP contribution < -0.4 is 10.6 Å². The van der Waals surface area contributed by atoms with E-state index >= 15 is 0 Å². The maximum Gasteiger partial charge on any atom is 0.261 e. The molecule has 4 heteroatoms. The molecule has 1 aromatic heterocycles. The number of hydrogen-bond acceptors (Lipinski definition) is 3. The van der Waals surface area contributed by atoms with Crippen LogP contribution in [0.25, 0.3) is 0 Å². The molecule has 1 saturated heterocycles. The highest BCUT2D eigenvalue weighted by Crippen LogP contribution is 2.29. The molecule has 3 rings (SSSR count). The summed E-state index contributed by atoms with van der Waals surface area (Å²) in [5, 5.41) is 6.51. The third-order valence-electron chi connectivity index (χ3n) is 4.10. The number of hydrogen-bond donors (Lipinski definition) is 2. The van der Waals surface area contributed by atoms with E-state index in [0.717, 1.165) is 43.6 Å². The van der Waals surface area contributed by atoms with E-state index in [1.54, 1.807) is 11.3 Å². The first-order chi connectivity index (χ1) is 9.33. The highest BCUT2D eigenvalue weighted by atomic mass is 32.1. The minimum Gasteiger partial charge on any atom is -0.347 e. The Morgan fingerprint density at radius 3 is 3.00 bits per heavy atom. The minimum atomic E-state index is 0.131. The number of nitrogens with one attached hydrogen (secondary N) is 2. The van der Waals surface area contributed by atoms with E-state index in [4.69, 9.17) is 0 Å². The summed E-state index contributed by atoms with van der Waals surface area (Å²) in [5.74, 6) is 0.131. The van der Waals surface area contributed by atoms with E-state index in [9.17, 15) is 4.79 Å². The lowest BCUT2D eigenvalue weighted by molar-refractivity contribution is 0.0935. The van der Waals surface area contributed by atoms with Crippen LogP contribution in [0.2, 0.25) is 0 Å². The molecule has 0 saturated carbocycles. The summed E-state index contributed by atoms with van der Waals surface area (Å²) in [6.45, 7) is 2.00. The molecule has 0 aromatic carbocycles. The van der Waals surface area contributed by atoms with Crippen LogP contribution in [0.5, 0.6) is 0 Å². The van der Waals surface area contributed by atoms with Crippen LogP contribution in [-0.2, 0) is 12.8 Å². The van der Waals surface area contributed by atoms with Crippen LogP contribution in [0.15, 0.2) is 6.07 Å². The Labute approximate surface area is 118 Å². The fourth-order valence-electron chi connectivity index (χ4n) is 3.01. The van der Waals surface area contributed by atoms with Crippen LogP contribution in [0.3, 0.4) is 0 Å². The van der Waals surface area contributed by atoms with Gasteiger partial charge in [-0.15, -0.1) is 11.3 Å². The predicted octanol–water partition coefficient (Wildman–Crippen LogP) is 2.50. The molecule has 0 spiro atoms. The first-order valence-corrected chi connectivity index (χ1v) is 8.28. The lowest BCUT2D eigenvalue weighted by Gasteiger charge is -2.23. The third-order valence-corrected chi connectivity index (χ3v) is 5.34. The average Bonchev–Trinajstić information content (AvgIpc) is 2.72. The number of carbonyl (C=O) groups excluding carboxylic acids is 1. The van der Waals surface area contributed by atoms with Crippen molar-refractivity contribution in [2.45, 2.75) is 51.0 Å². The summed E-state index contributed by atoms with van der Waals surface area (Å²) in [5.41, 5.74) is 1.43. The number of carbonyl (C=O) groups is 1. The number of piperidine rings is 1. The molecular formula is C15H22N2OS. The smallest absolute Gasteiger partial charge is 0.261 e. The molecule has 1 aliphatic carbocycles. The van der Waals surface area contributed by atoms with Gasteiger partial charge in [0.15, 0.2) is 0 Å². The molecule has 0 radical (unpaired) electrons. The molecule has 1 aromatic rings. The molecule has 0 unspecified atom stereocenters. The zero-order chi connectivity index (χ0) is 13.1. The lowest BCUT2D eigenvalue weighted by Crippen LogP contribution is -2.45. The second kappa shape index (κ2) is 6.06. The van der Waals surface area contributed by atoms with Gasteiger partial charge < -0.3 is 10.6 Å². The topological polar surface area (TPSA) is 41.1 Å². The van der Waals surface area contributed by atoms with Crippen LogP contribution in [0.1, 0.15) is 52.2 Å². The van der Waals surface area contributed by atoms with Crippen molar-refractivity contribution in [2.75, 3.05) is 13.1 Å². The molecule has 19 heavy (non-hydrogen) atoms. The Balaban J connectivity index is 1.66. The molecule has 1 amide bonds. The van der Waals surface area contributed by atoms with Crippen molar-refractivity contribution in [3.63, 3.8) is 0 Å². The van der Waals surface area contributed by atoms with Crippen molar-refractivity contribution in [1.29, 1.82) is 0 Å². The van der Waals surface area contributed by atoms with Gasteiger partial charge in [0.25, 0.3) is 5.91 Å². The Hall–Kier alpha value is -0.870. The van der Waals surface area contributed by atoms with Gasteiger partial charge in [-0.3, -0.25) is 4.79 Å². The summed E-state index contributed by atoms with van der Waals surface area (Å²) in [6.07, 6.45) is 8.47. The van der Waals surface area contributed by atoms with Crippen LogP contribution >= 0.6 is 11.3 Å². The van der Waals surface area contributed by atoms with Crippen LogP contribution in [-0.4, -0.2) is 25.0 Å². The normalized spacial score (nSPS) is 23.5. The molecule has 2 heterocycles. The van der Waals surface area contributed by atoms with Crippen molar-refractivity contribution in [1.82, 2.24) is 10.6 Å². The minimum absolute atomic E-state index is 0.131. The van der Waals surface area contributed by atoms with Gasteiger partial charge >= 0.3 is 0 Å². The predicted molar refractivity (Wildman–Crippen MR) is 78.9 cm³/mol. The quantitative estimate of drug-likeness (QED) is 0.816. The van der Waals surface area contributed by atoms with Gasteiger partial charge in [-0.25, -0.2) is 0 Å². The first-order valence-electron chi connectivity index (χ1n) is 7.46. The number of amides is 1. The van der Waals surface area contributed by atoms with Crippen LogP contribution in [0.4, 0.5) is 0 Å². The standard InChI is InChI=1S/C15H22N2OS/c18-15(17-12-6-4-8-16-10-12)14-9-11-5-2-1-3-7-13(11)19-14/h9,12,16H,1-8,10H2,(H,17,18)/t12-/m0/s1. The van der Waals surface area contributed by atoms with E-state index in [2.05, 4.69) is 16.7 Å². The van der Waals surface area contributed by atoms with E-state index in [0.29, 0.717) is 6.04 Å². The molecule has 2 aliphatic rings. The highest BCUT2D eigenvalue weighted by molar-refractivity contribution is 7.14. The molecule has 1 fully saturated rings. The van der Waals surface area contributed by atoms with Gasteiger partial charge in [0.2, 0.25) is 0 Å². The first kappa shape index (κ1) is 13.1. The van der Waals surface area contributed by atoms with Gasteiger partial charge in [-0.1, -0.05) is 6.42 Å². The fraction of sp³-hybridized carbons (Fsp3) is 0.667. The number of thiophene rings is 1. The molecule has 2 N–H and O–H groups in total. The van der Waals surface area contributed by atoms with Crippen LogP contribution in [0, 0.1) is 0 Å². The molecule has 0 bridgehead atoms. The SMILES string of the molecule is O=C(N[C@H]1CCCNC1)c1cc2c(s1)CCCCC2. The van der Waals surface area contributed by atoms with E-state index in [1.165, 1.54) is 29.7 Å². The number of fused-ring (bicyclic) bond motifs is 1. The van der Waals surface area contributed by atoms with Gasteiger partial charge in [0.05, 0.1) is 4.88 Å². The molecule has 104 valence electrons. The molecule has 1 aliphatic heterocycles. The number of aryl methyl sites for hydroxylation is 2. The fourth-order valence-corrected chi connectivity index (χ4v) is 4.17. The summed E-state index contributed by atoms with van der Waals surface area (Å²) in [4.78, 5) is 14.7. The largest absolute Gasteiger partial charge is 0.347 e. The summed E-state index contributed by atoms with van der Waals surface area (Å²) < 4.78 is 0. The van der Waals surface area contributed by atoms with Gasteiger partial charge in [-0.05, 0) is 56.7 Å². The second-order valence-corrected chi connectivity index (χ2v) is 6.77. The van der Waals surface area contributed by atoms with Crippen molar-refractivity contribution in [3.8, 4) is 0 Å². The van der Waals surface area contributed by atoms with Crippen molar-refractivity contribution in [3.05, 3.63) is 21.4 Å². The van der Waals surface area contributed by atoms with E-state index in [1.807, 2.05) is 0 Å². The highest BCUT2D eigenvalue weighted by Gasteiger charge is 2.20. The van der Waals surface area contributed by atoms with Crippen molar-refractivity contribution in [2.24, 2.45) is 0 Å². The maximum absolute atomic E-state index is 12.3. The number of rotatable bonds is 2. The maximum atomic E-state index is 12.3. The second-order valence-electron chi connectivity index (χ2n) is 5.64. The summed E-state index contributed by atoms with van der Waals surface area (Å²) in [6, 6.07) is 2.44. The van der Waals surface area contributed by atoms with E-state index in [-0.39, 0.29) is 5.91 Å². The van der Waals surface area contributed by atoms with E-state index < -0.39 is 0 Å². The monoisotopic (exact) mass is 278 g/mol. The molecule has 1 atom stereocenters. The summed E-state index contributed by atoms with van der Waals surface area (Å²) in [7, 11) is 0. The Morgan fingerprint density at radius 1 is 1.26 bits per heavy atom. The Kier molecular flexibility index (Phi) is 4.18. The Bertz CT molecular complexity index is 425. The van der Waals surface area contributed by atoms with Crippen molar-refractivity contribution >= 4 is 17.2 Å². The average molecular weight is 278 g/mol. The van der Waals surface area contributed by atoms with Gasteiger partial charge in [-0.2, -0.15) is 0 Å². The zero-order valence-electron chi connectivity index (χ0n) is 11.3. The third kappa shape index (κ3) is 3.18. The van der Waals surface area contributed by atoms with Gasteiger partial charge in [0, 0.05) is 17.5 Å². The van der Waals surface area contributed by atoms with Crippen molar-refractivity contribution < 1.29 is 4.79 Å². The lowest BCUT2D eigenvalue weighted by atomic mass is 10.1. The molecule has 3 nitrogen and oxygen atoms in total.